The maximum absolute atomic E-state index is 13.0. The number of aryl methyl sites for hydroxylation is 2. The third kappa shape index (κ3) is 6.68. The number of carbonyl (C=O) groups excluding carboxylic acids is 2. The monoisotopic (exact) mass is 491 g/mol. The average Bonchev–Trinajstić information content (AvgIpc) is 2.83. The van der Waals surface area contributed by atoms with Crippen LogP contribution >= 0.6 is 0 Å². The van der Waals surface area contributed by atoms with E-state index in [0.717, 1.165) is 5.56 Å². The number of rotatable bonds is 9. The number of carbonyl (C=O) groups is 2. The summed E-state index contributed by atoms with van der Waals surface area (Å²) in [6.07, 6.45) is 0.113. The summed E-state index contributed by atoms with van der Waals surface area (Å²) in [5, 5.41) is 8.90. The standard InChI is InChI=1S/C26H25N3O5S/c1-19-8-6-9-22(16-19)28-35(32,33)24-17-21(13-12-20(24)2)26(31)34-18-25(30)29(15-7-14-27)23-10-4-3-5-11-23/h3-6,8-13,16-17,28H,7,15,18H2,1-2H3. The van der Waals surface area contributed by atoms with Gasteiger partial charge in [0.2, 0.25) is 0 Å². The Morgan fingerprint density at radius 3 is 2.43 bits per heavy atom. The number of esters is 1. The molecule has 0 aliphatic carbocycles. The van der Waals surface area contributed by atoms with Gasteiger partial charge in [-0.3, -0.25) is 9.52 Å². The Labute approximate surface area is 204 Å². The van der Waals surface area contributed by atoms with Crippen LogP contribution in [0.4, 0.5) is 11.4 Å². The Hall–Kier alpha value is -4.16. The van der Waals surface area contributed by atoms with Crippen molar-refractivity contribution in [3.05, 3.63) is 89.5 Å². The van der Waals surface area contributed by atoms with Gasteiger partial charge in [0.1, 0.15) is 0 Å². The van der Waals surface area contributed by atoms with E-state index in [9.17, 15) is 18.0 Å². The molecular formula is C26H25N3O5S. The van der Waals surface area contributed by atoms with E-state index < -0.39 is 28.5 Å². The third-order valence-corrected chi connectivity index (χ3v) is 6.65. The molecule has 3 aromatic carbocycles. The van der Waals surface area contributed by atoms with Gasteiger partial charge in [0.05, 0.1) is 22.9 Å². The van der Waals surface area contributed by atoms with E-state index in [4.69, 9.17) is 10.00 Å². The zero-order valence-corrected chi connectivity index (χ0v) is 20.2. The van der Waals surface area contributed by atoms with E-state index in [1.165, 1.54) is 23.1 Å². The number of nitrogens with zero attached hydrogens (tertiary/aromatic N) is 2. The van der Waals surface area contributed by atoms with E-state index in [1.54, 1.807) is 55.5 Å². The number of hydrogen-bond donors (Lipinski definition) is 1. The van der Waals surface area contributed by atoms with Crippen LogP contribution in [-0.2, 0) is 19.6 Å². The molecule has 180 valence electrons. The van der Waals surface area contributed by atoms with Crippen molar-refractivity contribution < 1.29 is 22.7 Å². The van der Waals surface area contributed by atoms with Gasteiger partial charge in [0.15, 0.2) is 6.61 Å². The summed E-state index contributed by atoms with van der Waals surface area (Å²) in [5.74, 6) is -1.33. The molecule has 1 amide bonds. The zero-order valence-electron chi connectivity index (χ0n) is 19.4. The highest BCUT2D eigenvalue weighted by Gasteiger charge is 2.22. The Morgan fingerprint density at radius 1 is 1.00 bits per heavy atom. The van der Waals surface area contributed by atoms with Gasteiger partial charge in [-0.25, -0.2) is 13.2 Å². The fourth-order valence-corrected chi connectivity index (χ4v) is 4.71. The molecule has 0 radical (unpaired) electrons. The van der Waals surface area contributed by atoms with Crippen molar-refractivity contribution in [2.75, 3.05) is 22.8 Å². The Bertz CT molecular complexity index is 1370. The van der Waals surface area contributed by atoms with Gasteiger partial charge in [-0.15, -0.1) is 0 Å². The predicted octanol–water partition coefficient (Wildman–Crippen LogP) is 4.21. The average molecular weight is 492 g/mol. The van der Waals surface area contributed by atoms with Crippen molar-refractivity contribution in [1.82, 2.24) is 0 Å². The quantitative estimate of drug-likeness (QED) is 0.448. The molecule has 1 N–H and O–H groups in total. The summed E-state index contributed by atoms with van der Waals surface area (Å²) < 4.78 is 33.6. The van der Waals surface area contributed by atoms with Gasteiger partial charge in [-0.2, -0.15) is 5.26 Å². The molecule has 0 saturated heterocycles. The molecule has 0 unspecified atom stereocenters. The molecule has 0 bridgehead atoms. The van der Waals surface area contributed by atoms with Crippen LogP contribution in [0.25, 0.3) is 0 Å². The zero-order chi connectivity index (χ0) is 25.4. The minimum Gasteiger partial charge on any atom is -0.452 e. The fraction of sp³-hybridized carbons (Fsp3) is 0.192. The number of hydrogen-bond acceptors (Lipinski definition) is 6. The first-order valence-electron chi connectivity index (χ1n) is 10.8. The van der Waals surface area contributed by atoms with Gasteiger partial charge in [0, 0.05) is 17.9 Å². The van der Waals surface area contributed by atoms with Gasteiger partial charge in [-0.1, -0.05) is 36.4 Å². The number of para-hydroxylation sites is 1. The van der Waals surface area contributed by atoms with Crippen LogP contribution in [0.3, 0.4) is 0 Å². The van der Waals surface area contributed by atoms with Crippen LogP contribution in [0.2, 0.25) is 0 Å². The molecule has 3 aromatic rings. The summed E-state index contributed by atoms with van der Waals surface area (Å²) in [6.45, 7) is 3.06. The lowest BCUT2D eigenvalue weighted by atomic mass is 10.1. The normalized spacial score (nSPS) is 10.8. The lowest BCUT2D eigenvalue weighted by molar-refractivity contribution is -0.121. The molecule has 0 atom stereocenters. The Kier molecular flexibility index (Phi) is 8.23. The van der Waals surface area contributed by atoms with Crippen molar-refractivity contribution >= 4 is 33.3 Å². The molecule has 0 aliphatic heterocycles. The van der Waals surface area contributed by atoms with E-state index in [1.807, 2.05) is 19.1 Å². The summed E-state index contributed by atoms with van der Waals surface area (Å²) >= 11 is 0. The molecule has 0 aromatic heterocycles. The molecule has 3 rings (SSSR count). The van der Waals surface area contributed by atoms with Crippen molar-refractivity contribution in [2.45, 2.75) is 25.2 Å². The molecule has 0 aliphatic rings. The molecule has 0 saturated carbocycles. The Balaban J connectivity index is 1.74. The largest absolute Gasteiger partial charge is 0.452 e. The number of nitrogens with one attached hydrogen (secondary N) is 1. The van der Waals surface area contributed by atoms with E-state index in [2.05, 4.69) is 4.72 Å². The van der Waals surface area contributed by atoms with Crippen LogP contribution in [-0.4, -0.2) is 33.4 Å². The summed E-state index contributed by atoms with van der Waals surface area (Å²) in [6, 6.07) is 21.8. The van der Waals surface area contributed by atoms with Crippen LogP contribution in [0.1, 0.15) is 27.9 Å². The summed E-state index contributed by atoms with van der Waals surface area (Å²) in [4.78, 5) is 26.7. The van der Waals surface area contributed by atoms with Crippen LogP contribution < -0.4 is 9.62 Å². The minimum absolute atomic E-state index is 0.00342. The Morgan fingerprint density at radius 2 is 1.74 bits per heavy atom. The molecule has 0 spiro atoms. The molecule has 0 heterocycles. The summed E-state index contributed by atoms with van der Waals surface area (Å²) in [7, 11) is -3.97. The first-order chi connectivity index (χ1) is 16.7. The number of nitriles is 1. The topological polar surface area (TPSA) is 117 Å². The van der Waals surface area contributed by atoms with Crippen LogP contribution in [0.5, 0.6) is 0 Å². The van der Waals surface area contributed by atoms with Gasteiger partial charge >= 0.3 is 5.97 Å². The number of sulfonamides is 1. The van der Waals surface area contributed by atoms with Gasteiger partial charge in [0.25, 0.3) is 15.9 Å². The summed E-state index contributed by atoms with van der Waals surface area (Å²) in [5.41, 5.74) is 2.32. The maximum Gasteiger partial charge on any atom is 0.338 e. The first kappa shape index (κ1) is 25.5. The van der Waals surface area contributed by atoms with Gasteiger partial charge in [-0.05, 0) is 61.4 Å². The lowest BCUT2D eigenvalue weighted by Crippen LogP contribution is -2.35. The number of anilines is 2. The van der Waals surface area contributed by atoms with Crippen molar-refractivity contribution in [2.24, 2.45) is 0 Å². The molecule has 0 fully saturated rings. The second-order valence-electron chi connectivity index (χ2n) is 7.82. The molecule has 8 nitrogen and oxygen atoms in total. The van der Waals surface area contributed by atoms with Crippen molar-refractivity contribution in [3.63, 3.8) is 0 Å². The minimum atomic E-state index is -3.97. The first-order valence-corrected chi connectivity index (χ1v) is 12.3. The predicted molar refractivity (Wildman–Crippen MR) is 132 cm³/mol. The number of amides is 1. The highest BCUT2D eigenvalue weighted by Crippen LogP contribution is 2.22. The lowest BCUT2D eigenvalue weighted by Gasteiger charge is -2.21. The maximum atomic E-state index is 13.0. The molecule has 35 heavy (non-hydrogen) atoms. The second-order valence-corrected chi connectivity index (χ2v) is 9.47. The van der Waals surface area contributed by atoms with Crippen LogP contribution in [0.15, 0.2) is 77.7 Å². The number of benzene rings is 3. The van der Waals surface area contributed by atoms with E-state index in [-0.39, 0.29) is 23.4 Å². The van der Waals surface area contributed by atoms with Crippen LogP contribution in [0, 0.1) is 25.2 Å². The third-order valence-electron chi connectivity index (χ3n) is 5.13. The number of ether oxygens (including phenoxy) is 1. The van der Waals surface area contributed by atoms with Crippen molar-refractivity contribution in [1.29, 1.82) is 5.26 Å². The molecular weight excluding hydrogens is 466 g/mol. The highest BCUT2D eigenvalue weighted by atomic mass is 32.2. The molecule has 9 heteroatoms. The fourth-order valence-electron chi connectivity index (χ4n) is 3.39. The highest BCUT2D eigenvalue weighted by molar-refractivity contribution is 7.92. The SMILES string of the molecule is Cc1cccc(NS(=O)(=O)c2cc(C(=O)OCC(=O)N(CCC#N)c3ccccc3)ccc2C)c1. The van der Waals surface area contributed by atoms with Gasteiger partial charge < -0.3 is 9.64 Å². The van der Waals surface area contributed by atoms with E-state index in [0.29, 0.717) is 16.9 Å². The second kappa shape index (κ2) is 11.3. The smallest absolute Gasteiger partial charge is 0.338 e. The van der Waals surface area contributed by atoms with E-state index >= 15 is 0 Å². The van der Waals surface area contributed by atoms with Crippen molar-refractivity contribution in [3.8, 4) is 6.07 Å².